The quantitative estimate of drug-likeness (QED) is 0.392. The molecule has 10 nitrogen and oxygen atoms in total. The molecule has 2 N–H and O–H groups in total. The van der Waals surface area contributed by atoms with Gasteiger partial charge in [-0.05, 0) is 97.1 Å². The fraction of sp³-hybridized carbons (Fsp3) is 0.865. The zero-order chi connectivity index (χ0) is 33.7. The van der Waals surface area contributed by atoms with Gasteiger partial charge in [-0.2, -0.15) is 0 Å². The molecule has 48 heavy (non-hydrogen) atoms. The number of likely N-dealkylation sites (tertiary alicyclic amines) is 2. The number of rotatable bonds is 7. The van der Waals surface area contributed by atoms with Gasteiger partial charge >= 0.3 is 6.09 Å². The number of nitrogens with zero attached hydrogens (tertiary/aromatic N) is 3. The van der Waals surface area contributed by atoms with E-state index in [9.17, 15) is 14.4 Å². The topological polar surface area (TPSA) is 103 Å². The van der Waals surface area contributed by atoms with Gasteiger partial charge in [-0.3, -0.25) is 9.59 Å². The van der Waals surface area contributed by atoms with Crippen LogP contribution < -0.4 is 10.6 Å². The molecule has 0 spiro atoms. The second-order valence-electron chi connectivity index (χ2n) is 17.0. The van der Waals surface area contributed by atoms with E-state index in [4.69, 9.17) is 9.47 Å². The Labute approximate surface area is 285 Å². The highest BCUT2D eigenvalue weighted by atomic mass is 19.1. The molecule has 0 aromatic rings. The monoisotopic (exact) mass is 671 g/mol. The lowest BCUT2D eigenvalue weighted by Crippen LogP contribution is -2.73. The van der Waals surface area contributed by atoms with E-state index in [0.29, 0.717) is 44.1 Å². The Morgan fingerprint density at radius 1 is 1.04 bits per heavy atom. The molecule has 11 heteroatoms. The van der Waals surface area contributed by atoms with Crippen molar-refractivity contribution >= 4 is 17.8 Å². The average molecular weight is 672 g/mol. The Bertz CT molecular complexity index is 1260. The van der Waals surface area contributed by atoms with E-state index in [-0.39, 0.29) is 53.9 Å². The van der Waals surface area contributed by atoms with Crippen molar-refractivity contribution in [2.24, 2.45) is 23.7 Å². The molecule has 3 aliphatic carbocycles. The van der Waals surface area contributed by atoms with Crippen molar-refractivity contribution in [1.82, 2.24) is 25.3 Å². The lowest BCUT2D eigenvalue weighted by Gasteiger charge is -2.61. The Hall–Kier alpha value is -2.24. The minimum absolute atomic E-state index is 0.0540. The first-order valence-electron chi connectivity index (χ1n) is 19.0. The van der Waals surface area contributed by atoms with E-state index in [1.165, 1.54) is 32.1 Å². The molecule has 4 heterocycles. The van der Waals surface area contributed by atoms with Crippen LogP contribution in [-0.2, 0) is 19.1 Å². The van der Waals surface area contributed by atoms with E-state index in [0.717, 1.165) is 38.6 Å². The highest BCUT2D eigenvalue weighted by Crippen LogP contribution is 2.50. The molecule has 11 unspecified atom stereocenters. The third-order valence-corrected chi connectivity index (χ3v) is 12.7. The number of alkyl halides is 1. The molecule has 0 radical (unpaired) electrons. The number of hydrogen-bond donors (Lipinski definition) is 2. The maximum atomic E-state index is 16.4. The summed E-state index contributed by atoms with van der Waals surface area (Å²) in [7, 11) is 2.13. The normalized spacial score (nSPS) is 39.7. The second kappa shape index (κ2) is 13.8. The van der Waals surface area contributed by atoms with Gasteiger partial charge in [-0.1, -0.05) is 25.7 Å². The first-order valence-corrected chi connectivity index (χ1v) is 19.0. The molecule has 3 saturated heterocycles. The smallest absolute Gasteiger partial charge is 0.410 e. The van der Waals surface area contributed by atoms with E-state index in [1.54, 1.807) is 4.90 Å². The van der Waals surface area contributed by atoms with Crippen molar-refractivity contribution in [3.8, 4) is 0 Å². The van der Waals surface area contributed by atoms with Gasteiger partial charge < -0.3 is 34.8 Å². The van der Waals surface area contributed by atoms with Crippen LogP contribution in [0.3, 0.4) is 0 Å². The van der Waals surface area contributed by atoms with Gasteiger partial charge in [-0.15, -0.1) is 0 Å². The van der Waals surface area contributed by atoms with Gasteiger partial charge in [0.25, 0.3) is 5.91 Å². The van der Waals surface area contributed by atoms with Gasteiger partial charge in [0.15, 0.2) is 5.78 Å². The van der Waals surface area contributed by atoms with Crippen molar-refractivity contribution in [1.29, 1.82) is 0 Å². The summed E-state index contributed by atoms with van der Waals surface area (Å²) in [5.41, 5.74) is -0.362. The molecule has 3 saturated carbocycles. The second-order valence-corrected chi connectivity index (χ2v) is 17.0. The van der Waals surface area contributed by atoms with Crippen molar-refractivity contribution < 1.29 is 28.2 Å². The predicted octanol–water partition coefficient (Wildman–Crippen LogP) is 4.03. The van der Waals surface area contributed by atoms with Crippen LogP contribution in [0, 0.1) is 23.7 Å². The number of nitrogens with one attached hydrogen (secondary N) is 2. The summed E-state index contributed by atoms with van der Waals surface area (Å²) < 4.78 is 28.9. The van der Waals surface area contributed by atoms with Crippen LogP contribution in [0.2, 0.25) is 0 Å². The summed E-state index contributed by atoms with van der Waals surface area (Å²) in [6.07, 6.45) is 10.7. The van der Waals surface area contributed by atoms with Crippen molar-refractivity contribution in [2.75, 3.05) is 39.8 Å². The predicted molar refractivity (Wildman–Crippen MR) is 180 cm³/mol. The van der Waals surface area contributed by atoms with Crippen LogP contribution in [0.1, 0.15) is 91.4 Å². The minimum atomic E-state index is -1.28. The highest BCUT2D eigenvalue weighted by molar-refractivity contribution is 6.20. The summed E-state index contributed by atoms with van der Waals surface area (Å²) in [6.45, 7) is 8.97. The SMILES string of the molecule is CN1CCCC1CCNC(=O)C1=CN2C3CC4CCCCC4CC3OC3C(NCC4CCN(C(=O)OC(C)(C)C)C4)C(F)CC(C1=O)C32. The molecule has 7 rings (SSSR count). The molecule has 268 valence electrons. The van der Waals surface area contributed by atoms with Crippen LogP contribution in [-0.4, -0.2) is 120 Å². The molecular formula is C37H58FN5O5. The maximum absolute atomic E-state index is 16.4. The zero-order valence-electron chi connectivity index (χ0n) is 29.5. The molecule has 0 aromatic carbocycles. The number of carbonyl (C=O) groups excluding carboxylic acids is 3. The van der Waals surface area contributed by atoms with Crippen LogP contribution in [0.15, 0.2) is 11.8 Å². The number of ether oxygens (including phenoxy) is 2. The number of hydrogen-bond acceptors (Lipinski definition) is 8. The van der Waals surface area contributed by atoms with Gasteiger partial charge in [0.1, 0.15) is 11.8 Å². The van der Waals surface area contributed by atoms with Gasteiger partial charge in [0.05, 0.1) is 35.9 Å². The molecule has 2 amide bonds. The number of halogens is 1. The van der Waals surface area contributed by atoms with Crippen molar-refractivity contribution in [3.05, 3.63) is 11.8 Å². The summed E-state index contributed by atoms with van der Waals surface area (Å²) in [5, 5.41) is 6.60. The standard InChI is InChI=1S/C37H58FN5O5/c1-37(2,3)48-36(46)42-15-12-22(20-42)19-40-31-28(38)18-26-32-34(31)47-30-17-24-9-6-5-8-23(24)16-29(30)43(32)21-27(33(26)44)35(45)39-13-11-25-10-7-14-41(25)4/h21-26,28-32,34,40H,5-20H2,1-4H3,(H,39,45). The first-order chi connectivity index (χ1) is 23.0. The number of carbonyl (C=O) groups is 3. The van der Waals surface area contributed by atoms with Gasteiger partial charge in [-0.25, -0.2) is 9.18 Å². The largest absolute Gasteiger partial charge is 0.444 e. The number of amides is 2. The Morgan fingerprint density at radius 3 is 2.54 bits per heavy atom. The fourth-order valence-electron chi connectivity index (χ4n) is 10.3. The lowest BCUT2D eigenvalue weighted by molar-refractivity contribution is -0.208. The molecular weight excluding hydrogens is 613 g/mol. The number of fused-ring (bicyclic) bond motifs is 3. The van der Waals surface area contributed by atoms with E-state index < -0.39 is 29.8 Å². The molecule has 0 bridgehead atoms. The number of morpholine rings is 1. The third kappa shape index (κ3) is 6.89. The van der Waals surface area contributed by atoms with Gasteiger partial charge in [0.2, 0.25) is 0 Å². The summed E-state index contributed by atoms with van der Waals surface area (Å²) in [6, 6.07) is -0.315. The Morgan fingerprint density at radius 2 is 1.81 bits per heavy atom. The van der Waals surface area contributed by atoms with Crippen molar-refractivity contribution in [2.45, 2.75) is 140 Å². The lowest BCUT2D eigenvalue weighted by atomic mass is 9.65. The van der Waals surface area contributed by atoms with Crippen LogP contribution in [0.4, 0.5) is 9.18 Å². The molecule has 4 aliphatic heterocycles. The minimum Gasteiger partial charge on any atom is -0.444 e. The Kier molecular flexibility index (Phi) is 9.85. The zero-order valence-corrected chi connectivity index (χ0v) is 29.5. The maximum Gasteiger partial charge on any atom is 0.410 e. The van der Waals surface area contributed by atoms with E-state index >= 15 is 4.39 Å². The van der Waals surface area contributed by atoms with Crippen LogP contribution in [0.25, 0.3) is 0 Å². The summed E-state index contributed by atoms with van der Waals surface area (Å²) in [5.74, 6) is 0.250. The van der Waals surface area contributed by atoms with Crippen LogP contribution >= 0.6 is 0 Å². The molecule has 7 aliphatic rings. The summed E-state index contributed by atoms with van der Waals surface area (Å²) in [4.78, 5) is 46.7. The van der Waals surface area contributed by atoms with Crippen molar-refractivity contribution in [3.63, 3.8) is 0 Å². The third-order valence-electron chi connectivity index (χ3n) is 12.7. The van der Waals surface area contributed by atoms with E-state index in [2.05, 4.69) is 27.5 Å². The molecule has 11 atom stereocenters. The van der Waals surface area contributed by atoms with E-state index in [1.807, 2.05) is 27.0 Å². The van der Waals surface area contributed by atoms with Gasteiger partial charge in [0, 0.05) is 44.3 Å². The summed E-state index contributed by atoms with van der Waals surface area (Å²) >= 11 is 0. The number of Topliss-reactive ketones (excluding diaryl/α,β-unsaturated/α-hetero) is 1. The number of ketones is 1. The molecule has 6 fully saturated rings. The first kappa shape index (κ1) is 34.2. The fourth-order valence-corrected chi connectivity index (χ4v) is 10.3. The highest BCUT2D eigenvalue weighted by Gasteiger charge is 2.59. The van der Waals surface area contributed by atoms with Crippen LogP contribution in [0.5, 0.6) is 0 Å². The average Bonchev–Trinajstić information content (AvgIpc) is 3.69. The Balaban J connectivity index is 1.08. The molecule has 0 aromatic heterocycles.